The summed E-state index contributed by atoms with van der Waals surface area (Å²) in [4.78, 5) is 30.4. The fraction of sp³-hybridized carbons (Fsp3) is 0.333. The van der Waals surface area contributed by atoms with E-state index in [0.717, 1.165) is 11.1 Å². The molecule has 0 aliphatic rings. The molecule has 25 heavy (non-hydrogen) atoms. The number of aromatic nitrogens is 2. The first-order valence-corrected chi connectivity index (χ1v) is 7.80. The second-order valence-electron chi connectivity index (χ2n) is 5.69. The van der Waals surface area contributed by atoms with Crippen LogP contribution in [0.25, 0.3) is 0 Å². The molecule has 7 heteroatoms. The molecule has 0 spiro atoms. The molecule has 0 saturated carbocycles. The van der Waals surface area contributed by atoms with Crippen molar-refractivity contribution in [2.45, 2.75) is 26.8 Å². The van der Waals surface area contributed by atoms with Gasteiger partial charge in [-0.15, -0.1) is 0 Å². The molecule has 0 radical (unpaired) electrons. The fourth-order valence-corrected chi connectivity index (χ4v) is 2.58. The monoisotopic (exact) mass is 340 g/mol. The molecule has 130 valence electrons. The second-order valence-corrected chi connectivity index (χ2v) is 5.69. The maximum Gasteiger partial charge on any atom is 0.296 e. The van der Waals surface area contributed by atoms with Gasteiger partial charge < -0.3 is 9.64 Å². The van der Waals surface area contributed by atoms with E-state index < -0.39 is 5.56 Å². The number of nitriles is 1. The molecule has 1 amide bonds. The molecule has 7 nitrogen and oxygen atoms in total. The molecular weight excluding hydrogens is 320 g/mol. The summed E-state index contributed by atoms with van der Waals surface area (Å²) in [5, 5.41) is 8.89. The minimum atomic E-state index is -0.425. The first-order chi connectivity index (χ1) is 12.0. The van der Waals surface area contributed by atoms with Crippen molar-refractivity contribution in [2.24, 2.45) is 0 Å². The molecule has 1 heterocycles. The molecule has 2 rings (SSSR count). The number of anilines is 1. The molecule has 0 aliphatic carbocycles. The maximum absolute atomic E-state index is 12.8. The molecule has 0 N–H and O–H groups in total. The Balaban J connectivity index is 2.33. The Labute approximate surface area is 146 Å². The number of hydrogen-bond donors (Lipinski definition) is 0. The van der Waals surface area contributed by atoms with E-state index >= 15 is 0 Å². The summed E-state index contributed by atoms with van der Waals surface area (Å²) in [6, 6.07) is 7.83. The molecule has 0 unspecified atom stereocenters. The Kier molecular flexibility index (Phi) is 5.90. The standard InChI is InChI=1S/C18H20N4O3/c1-13-7-14(2)9-15(8-13)22(6-4-5-19)17(23)11-21-12-20-10-16(25-3)18(21)24/h7-10,12H,4,6,11H2,1-3H3. The Morgan fingerprint density at radius 3 is 2.60 bits per heavy atom. The average Bonchev–Trinajstić information content (AvgIpc) is 2.56. The van der Waals surface area contributed by atoms with Crippen molar-refractivity contribution in [3.63, 3.8) is 0 Å². The number of carbonyl (C=O) groups is 1. The second kappa shape index (κ2) is 8.11. The molecule has 1 aromatic carbocycles. The van der Waals surface area contributed by atoms with Gasteiger partial charge in [0.2, 0.25) is 11.7 Å². The van der Waals surface area contributed by atoms with Gasteiger partial charge in [-0.1, -0.05) is 6.07 Å². The summed E-state index contributed by atoms with van der Waals surface area (Å²) < 4.78 is 6.14. The number of carbonyl (C=O) groups excluding carboxylic acids is 1. The highest BCUT2D eigenvalue weighted by molar-refractivity contribution is 5.93. The Morgan fingerprint density at radius 1 is 1.32 bits per heavy atom. The van der Waals surface area contributed by atoms with E-state index in [4.69, 9.17) is 10.00 Å². The Morgan fingerprint density at radius 2 is 2.00 bits per heavy atom. The quantitative estimate of drug-likeness (QED) is 0.800. The highest BCUT2D eigenvalue weighted by Gasteiger charge is 2.18. The number of benzene rings is 1. The average molecular weight is 340 g/mol. The van der Waals surface area contributed by atoms with Crippen molar-refractivity contribution >= 4 is 11.6 Å². The van der Waals surface area contributed by atoms with E-state index in [2.05, 4.69) is 11.1 Å². The van der Waals surface area contributed by atoms with Crippen molar-refractivity contribution < 1.29 is 9.53 Å². The van der Waals surface area contributed by atoms with E-state index in [0.29, 0.717) is 5.69 Å². The summed E-state index contributed by atoms with van der Waals surface area (Å²) in [5.74, 6) is -0.220. The van der Waals surface area contributed by atoms with Gasteiger partial charge in [0.25, 0.3) is 5.56 Å². The highest BCUT2D eigenvalue weighted by atomic mass is 16.5. The van der Waals surface area contributed by atoms with Crippen LogP contribution in [-0.2, 0) is 11.3 Å². The number of nitrogens with zero attached hydrogens (tertiary/aromatic N) is 4. The molecule has 0 saturated heterocycles. The van der Waals surface area contributed by atoms with Crippen molar-refractivity contribution in [3.05, 3.63) is 52.2 Å². The van der Waals surface area contributed by atoms with Crippen molar-refractivity contribution in [2.75, 3.05) is 18.6 Å². The third-order valence-electron chi connectivity index (χ3n) is 3.66. The van der Waals surface area contributed by atoms with Crippen LogP contribution in [0.1, 0.15) is 17.5 Å². The SMILES string of the molecule is COc1cncn(CC(=O)N(CCC#N)c2cc(C)cc(C)c2)c1=O. The highest BCUT2D eigenvalue weighted by Crippen LogP contribution is 2.19. The molecule has 0 bridgehead atoms. The van der Waals surface area contributed by atoms with Crippen LogP contribution >= 0.6 is 0 Å². The molecule has 0 aliphatic heterocycles. The Bertz CT molecular complexity index is 847. The molecule has 2 aromatic rings. The van der Waals surface area contributed by atoms with Gasteiger partial charge in [0.1, 0.15) is 6.54 Å². The smallest absolute Gasteiger partial charge is 0.296 e. The number of rotatable bonds is 6. The van der Waals surface area contributed by atoms with Crippen LogP contribution in [0.4, 0.5) is 5.69 Å². The van der Waals surface area contributed by atoms with E-state index in [-0.39, 0.29) is 31.2 Å². The predicted molar refractivity (Wildman–Crippen MR) is 93.5 cm³/mol. The predicted octanol–water partition coefficient (Wildman–Crippen LogP) is 1.82. The summed E-state index contributed by atoms with van der Waals surface area (Å²) in [5.41, 5.74) is 2.32. The third kappa shape index (κ3) is 4.44. The lowest BCUT2D eigenvalue weighted by Crippen LogP contribution is -2.37. The van der Waals surface area contributed by atoms with E-state index in [9.17, 15) is 9.59 Å². The third-order valence-corrected chi connectivity index (χ3v) is 3.66. The first-order valence-electron chi connectivity index (χ1n) is 7.80. The topological polar surface area (TPSA) is 88.2 Å². The lowest BCUT2D eigenvalue weighted by Gasteiger charge is -2.23. The van der Waals surface area contributed by atoms with Crippen LogP contribution in [0.5, 0.6) is 5.75 Å². The van der Waals surface area contributed by atoms with Gasteiger partial charge >= 0.3 is 0 Å². The molecular formula is C18H20N4O3. The zero-order valence-electron chi connectivity index (χ0n) is 14.5. The molecule has 0 atom stereocenters. The van der Waals surface area contributed by atoms with E-state index in [1.807, 2.05) is 32.0 Å². The maximum atomic E-state index is 12.8. The molecule has 0 fully saturated rings. The van der Waals surface area contributed by atoms with Gasteiger partial charge in [-0.3, -0.25) is 14.2 Å². The summed E-state index contributed by atoms with van der Waals surface area (Å²) in [6.07, 6.45) is 2.80. The largest absolute Gasteiger partial charge is 0.490 e. The van der Waals surface area contributed by atoms with Gasteiger partial charge in [0.15, 0.2) is 0 Å². The number of amides is 1. The van der Waals surface area contributed by atoms with Gasteiger partial charge in [0.05, 0.1) is 32.1 Å². The number of ether oxygens (including phenoxy) is 1. The van der Waals surface area contributed by atoms with Gasteiger partial charge in [-0.05, 0) is 37.1 Å². The summed E-state index contributed by atoms with van der Waals surface area (Å²) >= 11 is 0. The van der Waals surface area contributed by atoms with Crippen LogP contribution in [0, 0.1) is 25.2 Å². The van der Waals surface area contributed by atoms with Crippen molar-refractivity contribution in [1.29, 1.82) is 5.26 Å². The van der Waals surface area contributed by atoms with Crippen molar-refractivity contribution in [3.8, 4) is 11.8 Å². The van der Waals surface area contributed by atoms with Gasteiger partial charge in [-0.25, -0.2) is 4.98 Å². The van der Waals surface area contributed by atoms with Crippen LogP contribution in [0.3, 0.4) is 0 Å². The van der Waals surface area contributed by atoms with E-state index in [1.165, 1.54) is 29.1 Å². The summed E-state index contributed by atoms with van der Waals surface area (Å²) in [7, 11) is 1.37. The van der Waals surface area contributed by atoms with Crippen LogP contribution in [0.2, 0.25) is 0 Å². The van der Waals surface area contributed by atoms with Crippen LogP contribution in [0.15, 0.2) is 35.5 Å². The first kappa shape index (κ1) is 18.2. The van der Waals surface area contributed by atoms with Gasteiger partial charge in [0, 0.05) is 12.2 Å². The lowest BCUT2D eigenvalue weighted by atomic mass is 10.1. The Hall–Kier alpha value is -3.14. The lowest BCUT2D eigenvalue weighted by molar-refractivity contribution is -0.119. The fourth-order valence-electron chi connectivity index (χ4n) is 2.58. The zero-order valence-corrected chi connectivity index (χ0v) is 14.5. The van der Waals surface area contributed by atoms with Gasteiger partial charge in [-0.2, -0.15) is 5.26 Å². The van der Waals surface area contributed by atoms with Crippen LogP contribution < -0.4 is 15.2 Å². The zero-order chi connectivity index (χ0) is 18.4. The minimum absolute atomic E-state index is 0.0743. The normalized spacial score (nSPS) is 10.2. The number of aryl methyl sites for hydroxylation is 2. The van der Waals surface area contributed by atoms with Crippen molar-refractivity contribution in [1.82, 2.24) is 9.55 Å². The van der Waals surface area contributed by atoms with Crippen LogP contribution in [-0.4, -0.2) is 29.1 Å². The molecule has 1 aromatic heterocycles. The van der Waals surface area contributed by atoms with E-state index in [1.54, 1.807) is 0 Å². The summed E-state index contributed by atoms with van der Waals surface area (Å²) in [6.45, 7) is 3.96. The number of hydrogen-bond acceptors (Lipinski definition) is 5. The minimum Gasteiger partial charge on any atom is -0.490 e. The number of methoxy groups -OCH3 is 1.